The van der Waals surface area contributed by atoms with Crippen molar-refractivity contribution in [2.75, 3.05) is 39.3 Å². The molecule has 1 N–H and O–H groups in total. The topological polar surface area (TPSA) is 44.8 Å². The number of carbonyl (C=O) groups excluding carboxylic acids is 1. The van der Waals surface area contributed by atoms with Gasteiger partial charge in [0.15, 0.2) is 0 Å². The van der Waals surface area contributed by atoms with Crippen LogP contribution in [-0.4, -0.2) is 55.0 Å². The Balaban J connectivity index is 1.23. The average Bonchev–Trinajstić information content (AvgIpc) is 3.17. The van der Waals surface area contributed by atoms with Gasteiger partial charge in [0.2, 0.25) is 5.91 Å². The first kappa shape index (κ1) is 20.8. The fourth-order valence-electron chi connectivity index (χ4n) is 4.12. The zero-order valence-electron chi connectivity index (χ0n) is 17.2. The second-order valence-electron chi connectivity index (χ2n) is 8.05. The van der Waals surface area contributed by atoms with E-state index in [1.807, 2.05) is 0 Å². The smallest absolute Gasteiger partial charge is 0.234 e. The van der Waals surface area contributed by atoms with E-state index in [-0.39, 0.29) is 18.0 Å². The van der Waals surface area contributed by atoms with Gasteiger partial charge in [0.05, 0.1) is 19.2 Å². The maximum absolute atomic E-state index is 13.9. The molecule has 0 spiro atoms. The number of piperazine rings is 1. The van der Waals surface area contributed by atoms with Crippen molar-refractivity contribution in [3.63, 3.8) is 0 Å². The molecule has 2 aromatic rings. The number of benzene rings is 2. The zero-order chi connectivity index (χ0) is 21.1. The summed E-state index contributed by atoms with van der Waals surface area (Å²) in [5.41, 5.74) is 2.87. The molecule has 0 aromatic heterocycles. The normalized spacial score (nSPS) is 18.0. The van der Waals surface area contributed by atoms with Gasteiger partial charge in [0.1, 0.15) is 17.4 Å². The number of ether oxygens (including phenoxy) is 1. The van der Waals surface area contributed by atoms with Gasteiger partial charge in [-0.15, -0.1) is 0 Å². The van der Waals surface area contributed by atoms with Crippen LogP contribution in [0.1, 0.15) is 29.7 Å². The molecule has 0 unspecified atom stereocenters. The molecule has 1 amide bonds. The highest BCUT2D eigenvalue weighted by Crippen LogP contribution is 2.26. The number of rotatable bonds is 6. The van der Waals surface area contributed by atoms with E-state index in [1.165, 1.54) is 23.3 Å². The fraction of sp³-hybridized carbons (Fsp3) is 0.435. The summed E-state index contributed by atoms with van der Waals surface area (Å²) in [6, 6.07) is 9.32. The maximum Gasteiger partial charge on any atom is 0.234 e. The summed E-state index contributed by atoms with van der Waals surface area (Å²) in [7, 11) is 0. The van der Waals surface area contributed by atoms with Gasteiger partial charge in [-0.3, -0.25) is 14.6 Å². The van der Waals surface area contributed by atoms with Gasteiger partial charge in [-0.1, -0.05) is 18.2 Å². The molecule has 1 saturated heterocycles. The quantitative estimate of drug-likeness (QED) is 0.788. The number of carbonyl (C=O) groups is 1. The molecule has 2 heterocycles. The van der Waals surface area contributed by atoms with E-state index in [0.29, 0.717) is 0 Å². The molecule has 30 heavy (non-hydrogen) atoms. The summed E-state index contributed by atoms with van der Waals surface area (Å²) in [5.74, 6) is -0.418. The highest BCUT2D eigenvalue weighted by molar-refractivity contribution is 5.78. The monoisotopic (exact) mass is 415 g/mol. The van der Waals surface area contributed by atoms with Crippen molar-refractivity contribution in [3.05, 3.63) is 64.7 Å². The van der Waals surface area contributed by atoms with E-state index in [1.54, 1.807) is 6.92 Å². The second kappa shape index (κ2) is 9.10. The van der Waals surface area contributed by atoms with Crippen LogP contribution in [0.3, 0.4) is 0 Å². The number of nitrogens with zero attached hydrogens (tertiary/aromatic N) is 2. The molecule has 0 saturated carbocycles. The first-order chi connectivity index (χ1) is 14.5. The second-order valence-corrected chi connectivity index (χ2v) is 8.05. The Morgan fingerprint density at radius 1 is 1.10 bits per heavy atom. The Kier molecular flexibility index (Phi) is 6.29. The number of amides is 1. The number of hydrogen-bond acceptors (Lipinski definition) is 4. The van der Waals surface area contributed by atoms with Crippen molar-refractivity contribution in [2.45, 2.75) is 25.9 Å². The Hall–Kier alpha value is -2.51. The standard InChI is InChI=1S/C23H27F2N3O2/c1-16(20-4-3-19(24)13-21(20)25)26-23(29)15-28-9-7-27(8-10-28)14-17-2-5-22-18(12-17)6-11-30-22/h2-5,12-13,16H,6-11,14-15H2,1H3,(H,26,29)/t16-/m0/s1. The van der Waals surface area contributed by atoms with E-state index in [4.69, 9.17) is 4.74 Å². The third-order valence-corrected chi connectivity index (χ3v) is 5.80. The van der Waals surface area contributed by atoms with E-state index in [9.17, 15) is 13.6 Å². The average molecular weight is 415 g/mol. The van der Waals surface area contributed by atoms with Gasteiger partial charge >= 0.3 is 0 Å². The molecule has 0 aliphatic carbocycles. The Morgan fingerprint density at radius 3 is 2.63 bits per heavy atom. The minimum Gasteiger partial charge on any atom is -0.493 e. The molecular formula is C23H27F2N3O2. The van der Waals surface area contributed by atoms with Crippen molar-refractivity contribution in [3.8, 4) is 5.75 Å². The highest BCUT2D eigenvalue weighted by Gasteiger charge is 2.21. The fourth-order valence-corrected chi connectivity index (χ4v) is 4.12. The number of fused-ring (bicyclic) bond motifs is 1. The van der Waals surface area contributed by atoms with Crippen LogP contribution < -0.4 is 10.1 Å². The van der Waals surface area contributed by atoms with E-state index >= 15 is 0 Å². The predicted molar refractivity (Wildman–Crippen MR) is 110 cm³/mol. The van der Waals surface area contributed by atoms with Gasteiger partial charge in [-0.25, -0.2) is 8.78 Å². The van der Waals surface area contributed by atoms with Crippen LogP contribution in [0.15, 0.2) is 36.4 Å². The third-order valence-electron chi connectivity index (χ3n) is 5.80. The lowest BCUT2D eigenvalue weighted by molar-refractivity contribution is -0.123. The summed E-state index contributed by atoms with van der Waals surface area (Å²) in [5, 5.41) is 2.81. The lowest BCUT2D eigenvalue weighted by Crippen LogP contribution is -2.49. The molecule has 2 aliphatic rings. The van der Waals surface area contributed by atoms with Gasteiger partial charge in [0, 0.05) is 50.8 Å². The van der Waals surface area contributed by atoms with Gasteiger partial charge in [-0.05, 0) is 30.2 Å². The summed E-state index contributed by atoms with van der Waals surface area (Å²) >= 11 is 0. The molecule has 4 rings (SSSR count). The van der Waals surface area contributed by atoms with Gasteiger partial charge in [0.25, 0.3) is 0 Å². The third kappa shape index (κ3) is 4.96. The van der Waals surface area contributed by atoms with Crippen molar-refractivity contribution in [1.82, 2.24) is 15.1 Å². The van der Waals surface area contributed by atoms with Crippen LogP contribution in [0.5, 0.6) is 5.75 Å². The largest absolute Gasteiger partial charge is 0.493 e. The van der Waals surface area contributed by atoms with E-state index in [2.05, 4.69) is 33.3 Å². The molecule has 2 aromatic carbocycles. The first-order valence-electron chi connectivity index (χ1n) is 10.4. The molecule has 0 bridgehead atoms. The molecule has 2 aliphatic heterocycles. The van der Waals surface area contributed by atoms with Crippen LogP contribution in [0.2, 0.25) is 0 Å². The first-order valence-corrected chi connectivity index (χ1v) is 10.4. The minimum absolute atomic E-state index is 0.154. The van der Waals surface area contributed by atoms with Crippen LogP contribution in [0, 0.1) is 11.6 Å². The highest BCUT2D eigenvalue weighted by atomic mass is 19.1. The minimum atomic E-state index is -0.644. The van der Waals surface area contributed by atoms with E-state index in [0.717, 1.165) is 57.6 Å². The molecule has 7 heteroatoms. The molecule has 160 valence electrons. The van der Waals surface area contributed by atoms with Crippen LogP contribution in [0.25, 0.3) is 0 Å². The van der Waals surface area contributed by atoms with Crippen LogP contribution in [-0.2, 0) is 17.8 Å². The molecule has 5 nitrogen and oxygen atoms in total. The Bertz CT molecular complexity index is 913. The summed E-state index contributed by atoms with van der Waals surface area (Å²) in [4.78, 5) is 16.9. The van der Waals surface area contributed by atoms with Crippen LogP contribution in [0.4, 0.5) is 8.78 Å². The van der Waals surface area contributed by atoms with Crippen molar-refractivity contribution >= 4 is 5.91 Å². The molecule has 0 radical (unpaired) electrons. The SMILES string of the molecule is C[C@H](NC(=O)CN1CCN(Cc2ccc3c(c2)CCO3)CC1)c1ccc(F)cc1F. The summed E-state index contributed by atoms with van der Waals surface area (Å²) in [6.45, 7) is 7.04. The van der Waals surface area contributed by atoms with E-state index < -0.39 is 17.7 Å². The molecule has 1 fully saturated rings. The number of hydrogen-bond donors (Lipinski definition) is 1. The van der Waals surface area contributed by atoms with Gasteiger partial charge in [-0.2, -0.15) is 0 Å². The van der Waals surface area contributed by atoms with Crippen molar-refractivity contribution in [1.29, 1.82) is 0 Å². The predicted octanol–water partition coefficient (Wildman–Crippen LogP) is 2.89. The lowest BCUT2D eigenvalue weighted by Gasteiger charge is -2.34. The Morgan fingerprint density at radius 2 is 1.87 bits per heavy atom. The number of halogens is 2. The molecular weight excluding hydrogens is 388 g/mol. The summed E-state index contributed by atoms with van der Waals surface area (Å²) in [6.07, 6.45) is 0.978. The van der Waals surface area contributed by atoms with Crippen molar-refractivity contribution < 1.29 is 18.3 Å². The maximum atomic E-state index is 13.9. The Labute approximate surface area is 175 Å². The lowest BCUT2D eigenvalue weighted by atomic mass is 10.1. The van der Waals surface area contributed by atoms with Crippen molar-refractivity contribution in [2.24, 2.45) is 0 Å². The van der Waals surface area contributed by atoms with Gasteiger partial charge < -0.3 is 10.1 Å². The summed E-state index contributed by atoms with van der Waals surface area (Å²) < 4.78 is 32.5. The zero-order valence-corrected chi connectivity index (χ0v) is 17.2. The number of nitrogens with one attached hydrogen (secondary N) is 1. The molecule has 1 atom stereocenters. The van der Waals surface area contributed by atoms with Crippen LogP contribution >= 0.6 is 0 Å².